The van der Waals surface area contributed by atoms with Gasteiger partial charge in [-0.15, -0.1) is 11.3 Å². The third-order valence-corrected chi connectivity index (χ3v) is 3.74. The number of aromatic carboxylic acids is 1. The molecule has 3 N–H and O–H groups in total. The second kappa shape index (κ2) is 4.78. The topological polar surface area (TPSA) is 95.1 Å². The van der Waals surface area contributed by atoms with Gasteiger partial charge in [-0.3, -0.25) is 9.89 Å². The molecule has 0 radical (unpaired) electrons. The molecule has 0 saturated carbocycles. The number of rotatable bonds is 3. The summed E-state index contributed by atoms with van der Waals surface area (Å²) in [6.07, 6.45) is 0. The maximum absolute atomic E-state index is 12.2. The number of thiophene rings is 1. The van der Waals surface area contributed by atoms with E-state index < -0.39 is 5.97 Å². The number of hydrogen-bond acceptors (Lipinski definition) is 4. The third kappa shape index (κ3) is 2.14. The quantitative estimate of drug-likeness (QED) is 0.690. The number of carboxylic acids is 1. The fraction of sp³-hybridized carbons (Fsp3) is 0. The van der Waals surface area contributed by atoms with Crippen LogP contribution >= 0.6 is 11.3 Å². The fourth-order valence-corrected chi connectivity index (χ4v) is 2.77. The van der Waals surface area contributed by atoms with E-state index in [0.717, 1.165) is 10.1 Å². The Morgan fingerprint density at radius 3 is 2.85 bits per heavy atom. The summed E-state index contributed by atoms with van der Waals surface area (Å²) in [6, 6.07) is 8.85. The van der Waals surface area contributed by atoms with E-state index in [1.165, 1.54) is 17.4 Å². The third-order valence-electron chi connectivity index (χ3n) is 2.78. The number of benzene rings is 1. The summed E-state index contributed by atoms with van der Waals surface area (Å²) < 4.78 is 1.02. The number of carbonyl (C=O) groups is 2. The molecule has 0 bridgehead atoms. The van der Waals surface area contributed by atoms with Crippen LogP contribution < -0.4 is 5.32 Å². The van der Waals surface area contributed by atoms with Crippen LogP contribution in [0.5, 0.6) is 0 Å². The average Bonchev–Trinajstić information content (AvgIpc) is 3.04. The summed E-state index contributed by atoms with van der Waals surface area (Å²) in [5.74, 6) is -1.26. The van der Waals surface area contributed by atoms with Crippen molar-refractivity contribution in [3.05, 3.63) is 47.0 Å². The normalized spacial score (nSPS) is 10.6. The monoisotopic (exact) mass is 287 g/mol. The Kier molecular flexibility index (Phi) is 2.96. The number of aromatic amines is 1. The molecule has 7 heteroatoms. The Bertz CT molecular complexity index is 806. The van der Waals surface area contributed by atoms with E-state index in [0.29, 0.717) is 5.56 Å². The van der Waals surface area contributed by atoms with Crippen LogP contribution in [0.4, 0.5) is 5.82 Å². The van der Waals surface area contributed by atoms with Gasteiger partial charge in [0.15, 0.2) is 5.82 Å². The van der Waals surface area contributed by atoms with E-state index in [-0.39, 0.29) is 17.4 Å². The van der Waals surface area contributed by atoms with E-state index in [1.807, 2.05) is 24.3 Å². The van der Waals surface area contributed by atoms with Gasteiger partial charge in [-0.25, -0.2) is 4.79 Å². The molecule has 0 atom stereocenters. The lowest BCUT2D eigenvalue weighted by molar-refractivity contribution is 0.0690. The van der Waals surface area contributed by atoms with Crippen molar-refractivity contribution < 1.29 is 14.7 Å². The van der Waals surface area contributed by atoms with Gasteiger partial charge in [0, 0.05) is 21.5 Å². The number of fused-ring (bicyclic) bond motifs is 1. The number of nitrogens with one attached hydrogen (secondary N) is 2. The van der Waals surface area contributed by atoms with Crippen LogP contribution in [-0.2, 0) is 0 Å². The maximum Gasteiger partial charge on any atom is 0.353 e. The minimum Gasteiger partial charge on any atom is -0.477 e. The molecule has 0 saturated heterocycles. The maximum atomic E-state index is 12.2. The van der Waals surface area contributed by atoms with Crippen LogP contribution in [0.1, 0.15) is 20.8 Å². The molecule has 0 spiro atoms. The molecule has 20 heavy (non-hydrogen) atoms. The highest BCUT2D eigenvalue weighted by atomic mass is 32.1. The molecule has 1 amide bonds. The van der Waals surface area contributed by atoms with E-state index in [1.54, 1.807) is 5.38 Å². The first-order valence-corrected chi connectivity index (χ1v) is 6.59. The van der Waals surface area contributed by atoms with Gasteiger partial charge < -0.3 is 10.4 Å². The molecule has 2 aromatic heterocycles. The largest absolute Gasteiger partial charge is 0.477 e. The van der Waals surface area contributed by atoms with E-state index >= 15 is 0 Å². The number of nitrogens with zero attached hydrogens (tertiary/aromatic N) is 1. The van der Waals surface area contributed by atoms with Crippen molar-refractivity contribution in [2.24, 2.45) is 0 Å². The lowest BCUT2D eigenvalue weighted by Crippen LogP contribution is -2.11. The first kappa shape index (κ1) is 12.4. The Labute approximate surface area is 117 Å². The number of carboxylic acid groups (broad SMARTS) is 1. The molecule has 0 aliphatic rings. The molecular formula is C13H9N3O3S. The molecular weight excluding hydrogens is 278 g/mol. The first-order valence-electron chi connectivity index (χ1n) is 5.71. The van der Waals surface area contributed by atoms with Crippen molar-refractivity contribution in [2.75, 3.05) is 5.32 Å². The SMILES string of the molecule is O=C(O)c1cc(NC(=O)c2csc3ccccc23)n[nH]1. The van der Waals surface area contributed by atoms with Crippen molar-refractivity contribution in [1.29, 1.82) is 0 Å². The van der Waals surface area contributed by atoms with Gasteiger partial charge in [-0.1, -0.05) is 18.2 Å². The summed E-state index contributed by atoms with van der Waals surface area (Å²) in [5, 5.41) is 20.0. The van der Waals surface area contributed by atoms with Crippen LogP contribution in [0.2, 0.25) is 0 Å². The highest BCUT2D eigenvalue weighted by molar-refractivity contribution is 7.17. The summed E-state index contributed by atoms with van der Waals surface area (Å²) in [6.45, 7) is 0. The van der Waals surface area contributed by atoms with Gasteiger partial charge in [-0.2, -0.15) is 5.10 Å². The predicted octanol–water partition coefficient (Wildman–Crippen LogP) is 2.57. The lowest BCUT2D eigenvalue weighted by Gasteiger charge is -1.99. The molecule has 6 nitrogen and oxygen atoms in total. The molecule has 3 aromatic rings. The summed E-state index contributed by atoms with van der Waals surface area (Å²) in [5.41, 5.74) is 0.473. The second-order valence-electron chi connectivity index (χ2n) is 4.07. The number of amides is 1. The van der Waals surface area contributed by atoms with Crippen molar-refractivity contribution in [2.45, 2.75) is 0 Å². The first-order chi connectivity index (χ1) is 9.65. The summed E-state index contributed by atoms with van der Waals surface area (Å²) in [7, 11) is 0. The number of anilines is 1. The van der Waals surface area contributed by atoms with E-state index in [2.05, 4.69) is 15.5 Å². The van der Waals surface area contributed by atoms with Crippen LogP contribution in [-0.4, -0.2) is 27.2 Å². The van der Waals surface area contributed by atoms with Gasteiger partial charge >= 0.3 is 5.97 Å². The summed E-state index contributed by atoms with van der Waals surface area (Å²) >= 11 is 1.48. The van der Waals surface area contributed by atoms with E-state index in [9.17, 15) is 9.59 Å². The minimum absolute atomic E-state index is 0.0736. The van der Waals surface area contributed by atoms with Crippen molar-refractivity contribution >= 4 is 39.1 Å². The zero-order valence-electron chi connectivity index (χ0n) is 10.1. The van der Waals surface area contributed by atoms with Crippen molar-refractivity contribution in [3.63, 3.8) is 0 Å². The van der Waals surface area contributed by atoms with Crippen molar-refractivity contribution in [1.82, 2.24) is 10.2 Å². The van der Waals surface area contributed by atoms with Crippen LogP contribution in [0.3, 0.4) is 0 Å². The molecule has 3 rings (SSSR count). The zero-order valence-corrected chi connectivity index (χ0v) is 10.9. The molecule has 2 heterocycles. The molecule has 0 aliphatic heterocycles. The van der Waals surface area contributed by atoms with Gasteiger partial charge in [0.2, 0.25) is 0 Å². The highest BCUT2D eigenvalue weighted by Crippen LogP contribution is 2.26. The van der Waals surface area contributed by atoms with Gasteiger partial charge in [0.25, 0.3) is 5.91 Å². The summed E-state index contributed by atoms with van der Waals surface area (Å²) in [4.78, 5) is 22.9. The smallest absolute Gasteiger partial charge is 0.353 e. The van der Waals surface area contributed by atoms with Gasteiger partial charge in [-0.05, 0) is 6.07 Å². The number of aromatic nitrogens is 2. The fourth-order valence-electron chi connectivity index (χ4n) is 1.83. The van der Waals surface area contributed by atoms with Gasteiger partial charge in [0.1, 0.15) is 5.69 Å². The van der Waals surface area contributed by atoms with Crippen LogP contribution in [0.25, 0.3) is 10.1 Å². The molecule has 0 unspecified atom stereocenters. The Hall–Kier alpha value is -2.67. The average molecular weight is 287 g/mol. The van der Waals surface area contributed by atoms with Crippen molar-refractivity contribution in [3.8, 4) is 0 Å². The lowest BCUT2D eigenvalue weighted by atomic mass is 10.1. The van der Waals surface area contributed by atoms with E-state index in [4.69, 9.17) is 5.11 Å². The molecule has 0 aliphatic carbocycles. The van der Waals surface area contributed by atoms with Crippen LogP contribution in [0.15, 0.2) is 35.7 Å². The molecule has 1 aromatic carbocycles. The van der Waals surface area contributed by atoms with Crippen LogP contribution in [0, 0.1) is 0 Å². The number of H-pyrrole nitrogens is 1. The Morgan fingerprint density at radius 2 is 2.10 bits per heavy atom. The number of hydrogen-bond donors (Lipinski definition) is 3. The predicted molar refractivity (Wildman–Crippen MR) is 75.3 cm³/mol. The second-order valence-corrected chi connectivity index (χ2v) is 4.98. The molecule has 0 fully saturated rings. The highest BCUT2D eigenvalue weighted by Gasteiger charge is 2.14. The molecule has 100 valence electrons. The Balaban J connectivity index is 1.87. The number of carbonyl (C=O) groups excluding carboxylic acids is 1. The standard InChI is InChI=1S/C13H9N3O3S/c17-12(14-11-5-9(13(18)19)15-16-11)8-6-20-10-4-2-1-3-7(8)10/h1-6H,(H,18,19)(H2,14,15,16,17). The zero-order chi connectivity index (χ0) is 14.1. The Morgan fingerprint density at radius 1 is 1.30 bits per heavy atom. The van der Waals surface area contributed by atoms with Gasteiger partial charge in [0.05, 0.1) is 5.56 Å². The minimum atomic E-state index is -1.13.